The van der Waals surface area contributed by atoms with Crippen LogP contribution in [0.5, 0.6) is 0 Å². The van der Waals surface area contributed by atoms with Crippen LogP contribution in [0.15, 0.2) is 48.8 Å². The molecule has 1 aromatic heterocycles. The van der Waals surface area contributed by atoms with E-state index in [1.54, 1.807) is 36.7 Å². The number of imide groups is 1. The molecule has 0 saturated carbocycles. The summed E-state index contributed by atoms with van der Waals surface area (Å²) < 4.78 is 0. The minimum absolute atomic E-state index is 0.140. The molecule has 3 amide bonds. The SMILES string of the molecule is CC(=O)N(C(=O)C(=O)NCc1cccnc1)c1cccc(N)c1. The molecular weight excluding hydrogens is 296 g/mol. The van der Waals surface area contributed by atoms with Gasteiger partial charge >= 0.3 is 11.8 Å². The van der Waals surface area contributed by atoms with E-state index in [-0.39, 0.29) is 12.2 Å². The lowest BCUT2D eigenvalue weighted by atomic mass is 10.2. The van der Waals surface area contributed by atoms with Gasteiger partial charge in [0.15, 0.2) is 0 Å². The molecule has 1 aromatic carbocycles. The van der Waals surface area contributed by atoms with Gasteiger partial charge in [-0.15, -0.1) is 0 Å². The fraction of sp³-hybridized carbons (Fsp3) is 0.125. The van der Waals surface area contributed by atoms with Crippen LogP contribution >= 0.6 is 0 Å². The van der Waals surface area contributed by atoms with Crippen molar-refractivity contribution >= 4 is 29.1 Å². The fourth-order valence-corrected chi connectivity index (χ4v) is 1.97. The number of amides is 3. The third kappa shape index (κ3) is 4.13. The first kappa shape index (κ1) is 16.2. The van der Waals surface area contributed by atoms with Crippen molar-refractivity contribution in [2.24, 2.45) is 0 Å². The number of rotatable bonds is 3. The van der Waals surface area contributed by atoms with Crippen LogP contribution in [0.25, 0.3) is 0 Å². The molecule has 0 saturated heterocycles. The normalized spacial score (nSPS) is 9.96. The summed E-state index contributed by atoms with van der Waals surface area (Å²) >= 11 is 0. The minimum atomic E-state index is -0.966. The third-order valence-corrected chi connectivity index (χ3v) is 3.02. The van der Waals surface area contributed by atoms with Gasteiger partial charge in [-0.05, 0) is 29.8 Å². The molecule has 0 aliphatic heterocycles. The summed E-state index contributed by atoms with van der Waals surface area (Å²) in [5.74, 6) is -2.42. The minimum Gasteiger partial charge on any atom is -0.399 e. The second-order valence-corrected chi connectivity index (χ2v) is 4.80. The second kappa shape index (κ2) is 7.17. The molecule has 2 aromatic rings. The van der Waals surface area contributed by atoms with Gasteiger partial charge in [-0.1, -0.05) is 12.1 Å². The standard InChI is InChI=1S/C16H16N4O3/c1-11(21)20(14-6-2-5-13(17)8-14)16(23)15(22)19-10-12-4-3-7-18-9-12/h2-9H,10,17H2,1H3,(H,19,22). The number of carbonyl (C=O) groups excluding carboxylic acids is 3. The first-order valence-electron chi connectivity index (χ1n) is 6.86. The topological polar surface area (TPSA) is 105 Å². The van der Waals surface area contributed by atoms with E-state index in [1.807, 2.05) is 0 Å². The van der Waals surface area contributed by atoms with Crippen LogP contribution in [0.4, 0.5) is 11.4 Å². The maximum atomic E-state index is 12.3. The smallest absolute Gasteiger partial charge is 0.323 e. The largest absolute Gasteiger partial charge is 0.399 e. The number of pyridine rings is 1. The Bertz CT molecular complexity index is 731. The maximum Gasteiger partial charge on any atom is 0.323 e. The van der Waals surface area contributed by atoms with Crippen molar-refractivity contribution in [2.45, 2.75) is 13.5 Å². The molecule has 2 rings (SSSR count). The molecule has 0 atom stereocenters. The molecule has 7 heteroatoms. The molecule has 3 N–H and O–H groups in total. The number of nitrogens with two attached hydrogens (primary N) is 1. The fourth-order valence-electron chi connectivity index (χ4n) is 1.97. The molecule has 0 aliphatic carbocycles. The zero-order valence-electron chi connectivity index (χ0n) is 12.5. The van der Waals surface area contributed by atoms with Gasteiger partial charge in [-0.3, -0.25) is 19.4 Å². The summed E-state index contributed by atoms with van der Waals surface area (Å²) in [4.78, 5) is 40.7. The van der Waals surface area contributed by atoms with Crippen LogP contribution in [0.2, 0.25) is 0 Å². The van der Waals surface area contributed by atoms with Crippen LogP contribution in [0, 0.1) is 0 Å². The molecule has 0 unspecified atom stereocenters. The van der Waals surface area contributed by atoms with E-state index >= 15 is 0 Å². The number of carbonyl (C=O) groups is 3. The predicted molar refractivity (Wildman–Crippen MR) is 85.1 cm³/mol. The Kier molecular flexibility index (Phi) is 5.03. The lowest BCUT2D eigenvalue weighted by Crippen LogP contribution is -2.45. The van der Waals surface area contributed by atoms with Crippen molar-refractivity contribution in [1.29, 1.82) is 0 Å². The number of nitrogen functional groups attached to an aromatic ring is 1. The number of nitrogens with zero attached hydrogens (tertiary/aromatic N) is 2. The Morgan fingerprint density at radius 2 is 2.00 bits per heavy atom. The van der Waals surface area contributed by atoms with Crippen LogP contribution < -0.4 is 16.0 Å². The van der Waals surface area contributed by atoms with Crippen molar-refractivity contribution in [2.75, 3.05) is 10.6 Å². The Morgan fingerprint density at radius 1 is 1.22 bits per heavy atom. The highest BCUT2D eigenvalue weighted by atomic mass is 16.2. The number of hydrogen-bond acceptors (Lipinski definition) is 5. The zero-order chi connectivity index (χ0) is 16.8. The van der Waals surface area contributed by atoms with Crippen LogP contribution in [0.3, 0.4) is 0 Å². The van der Waals surface area contributed by atoms with Crippen molar-refractivity contribution in [3.05, 3.63) is 54.4 Å². The highest BCUT2D eigenvalue weighted by Gasteiger charge is 2.26. The van der Waals surface area contributed by atoms with Crippen LogP contribution in [0.1, 0.15) is 12.5 Å². The Labute approximate surface area is 133 Å². The van der Waals surface area contributed by atoms with E-state index in [4.69, 9.17) is 5.73 Å². The summed E-state index contributed by atoms with van der Waals surface area (Å²) in [6.45, 7) is 1.34. The van der Waals surface area contributed by atoms with Gasteiger partial charge in [0.1, 0.15) is 0 Å². The highest BCUT2D eigenvalue weighted by molar-refractivity contribution is 6.45. The van der Waals surface area contributed by atoms with Crippen molar-refractivity contribution in [1.82, 2.24) is 10.3 Å². The number of hydrogen-bond donors (Lipinski definition) is 2. The first-order chi connectivity index (χ1) is 11.0. The van der Waals surface area contributed by atoms with Crippen molar-refractivity contribution in [3.8, 4) is 0 Å². The number of anilines is 2. The molecular formula is C16H16N4O3. The lowest BCUT2D eigenvalue weighted by molar-refractivity contribution is -0.139. The molecule has 1 heterocycles. The second-order valence-electron chi connectivity index (χ2n) is 4.80. The maximum absolute atomic E-state index is 12.3. The Hall–Kier alpha value is -3.22. The van der Waals surface area contributed by atoms with E-state index in [2.05, 4.69) is 10.3 Å². The van der Waals surface area contributed by atoms with Crippen LogP contribution in [-0.4, -0.2) is 22.7 Å². The summed E-state index contributed by atoms with van der Waals surface area (Å²) in [5.41, 5.74) is 7.03. The monoisotopic (exact) mass is 312 g/mol. The van der Waals surface area contributed by atoms with Gasteiger partial charge in [-0.25, -0.2) is 4.90 Å². The van der Waals surface area contributed by atoms with E-state index in [0.29, 0.717) is 5.69 Å². The molecule has 0 fully saturated rings. The third-order valence-electron chi connectivity index (χ3n) is 3.02. The van der Waals surface area contributed by atoms with Crippen molar-refractivity contribution < 1.29 is 14.4 Å². The average molecular weight is 312 g/mol. The van der Waals surface area contributed by atoms with Crippen molar-refractivity contribution in [3.63, 3.8) is 0 Å². The average Bonchev–Trinajstić information content (AvgIpc) is 2.53. The summed E-state index contributed by atoms with van der Waals surface area (Å²) in [5, 5.41) is 2.46. The Balaban J connectivity index is 2.11. The number of nitrogens with one attached hydrogen (secondary N) is 1. The van der Waals surface area contributed by atoms with E-state index in [0.717, 1.165) is 10.5 Å². The van der Waals surface area contributed by atoms with Gasteiger partial charge < -0.3 is 11.1 Å². The van der Waals surface area contributed by atoms with Crippen LogP contribution in [-0.2, 0) is 20.9 Å². The molecule has 7 nitrogen and oxygen atoms in total. The van der Waals surface area contributed by atoms with Gasteiger partial charge in [0.2, 0.25) is 5.91 Å². The van der Waals surface area contributed by atoms with E-state index in [1.165, 1.54) is 19.1 Å². The highest BCUT2D eigenvalue weighted by Crippen LogP contribution is 2.18. The first-order valence-corrected chi connectivity index (χ1v) is 6.86. The summed E-state index contributed by atoms with van der Waals surface area (Å²) in [6.07, 6.45) is 3.18. The lowest BCUT2D eigenvalue weighted by Gasteiger charge is -2.19. The molecule has 0 aliphatic rings. The molecule has 23 heavy (non-hydrogen) atoms. The van der Waals surface area contributed by atoms with Gasteiger partial charge in [0.05, 0.1) is 5.69 Å². The van der Waals surface area contributed by atoms with Gasteiger partial charge in [0.25, 0.3) is 0 Å². The summed E-state index contributed by atoms with van der Waals surface area (Å²) in [6, 6.07) is 9.68. The van der Waals surface area contributed by atoms with E-state index in [9.17, 15) is 14.4 Å². The predicted octanol–water partition coefficient (Wildman–Crippen LogP) is 0.860. The molecule has 118 valence electrons. The zero-order valence-corrected chi connectivity index (χ0v) is 12.5. The van der Waals surface area contributed by atoms with Gasteiger partial charge in [0, 0.05) is 31.5 Å². The van der Waals surface area contributed by atoms with E-state index < -0.39 is 17.7 Å². The van der Waals surface area contributed by atoms with Gasteiger partial charge in [-0.2, -0.15) is 0 Å². The quantitative estimate of drug-likeness (QED) is 0.646. The number of aromatic nitrogens is 1. The number of benzene rings is 1. The summed E-state index contributed by atoms with van der Waals surface area (Å²) in [7, 11) is 0. The molecule has 0 radical (unpaired) electrons. The Morgan fingerprint density at radius 3 is 2.61 bits per heavy atom. The molecule has 0 bridgehead atoms. The molecule has 0 spiro atoms.